The van der Waals surface area contributed by atoms with Gasteiger partial charge < -0.3 is 16.4 Å². The summed E-state index contributed by atoms with van der Waals surface area (Å²) in [5.74, 6) is -0.905. The Morgan fingerprint density at radius 2 is 1.52 bits per heavy atom. The van der Waals surface area contributed by atoms with Gasteiger partial charge in [-0.1, -0.05) is 30.3 Å². The summed E-state index contributed by atoms with van der Waals surface area (Å²) < 4.78 is 0. The Morgan fingerprint density at radius 3 is 2.14 bits per heavy atom. The Balaban J connectivity index is 2.45. The minimum absolute atomic E-state index is 0.183. The topological polar surface area (TPSA) is 89.4 Å². The van der Waals surface area contributed by atoms with Gasteiger partial charge in [-0.3, -0.25) is 9.59 Å². The Kier molecular flexibility index (Phi) is 4.56. The molecule has 0 aliphatic heterocycles. The van der Waals surface area contributed by atoms with E-state index in [0.717, 1.165) is 5.69 Å². The van der Waals surface area contributed by atoms with Crippen LogP contribution in [0.3, 0.4) is 0 Å². The molecule has 2 amide bonds. The third-order valence-electron chi connectivity index (χ3n) is 3.11. The third-order valence-corrected chi connectivity index (χ3v) is 3.11. The normalized spacial score (nSPS) is 10.1. The maximum absolute atomic E-state index is 11.6. The molecule has 0 saturated heterocycles. The van der Waals surface area contributed by atoms with E-state index in [-0.39, 0.29) is 6.42 Å². The summed E-state index contributed by atoms with van der Waals surface area (Å²) in [6.07, 6.45) is 0.183. The van der Waals surface area contributed by atoms with Crippen LogP contribution in [0, 0.1) is 0 Å². The van der Waals surface area contributed by atoms with E-state index in [9.17, 15) is 9.59 Å². The van der Waals surface area contributed by atoms with Crippen molar-refractivity contribution in [2.24, 2.45) is 11.5 Å². The number of anilines is 2. The number of amides is 2. The molecule has 0 heterocycles. The van der Waals surface area contributed by atoms with Gasteiger partial charge in [-0.05, 0) is 24.3 Å². The first-order chi connectivity index (χ1) is 10.1. The quantitative estimate of drug-likeness (QED) is 0.847. The van der Waals surface area contributed by atoms with Gasteiger partial charge in [0.2, 0.25) is 5.91 Å². The van der Waals surface area contributed by atoms with E-state index >= 15 is 0 Å². The van der Waals surface area contributed by atoms with Gasteiger partial charge in [0.1, 0.15) is 0 Å². The maximum atomic E-state index is 11.6. The molecule has 0 fully saturated rings. The summed E-state index contributed by atoms with van der Waals surface area (Å²) in [5.41, 5.74) is 12.6. The lowest BCUT2D eigenvalue weighted by Crippen LogP contribution is -2.26. The van der Waals surface area contributed by atoms with Crippen molar-refractivity contribution in [3.05, 3.63) is 60.2 Å². The van der Waals surface area contributed by atoms with Crippen molar-refractivity contribution in [3.8, 4) is 0 Å². The Labute approximate surface area is 123 Å². The fraction of sp³-hybridized carbons (Fsp3) is 0.125. The third kappa shape index (κ3) is 3.60. The van der Waals surface area contributed by atoms with Crippen LogP contribution in [-0.4, -0.2) is 18.4 Å². The Morgan fingerprint density at radius 1 is 0.905 bits per heavy atom. The lowest BCUT2D eigenvalue weighted by molar-refractivity contribution is -0.117. The smallest absolute Gasteiger partial charge is 0.250 e. The highest BCUT2D eigenvalue weighted by Crippen LogP contribution is 2.28. The van der Waals surface area contributed by atoms with Gasteiger partial charge in [-0.15, -0.1) is 0 Å². The fourth-order valence-electron chi connectivity index (χ4n) is 2.14. The van der Waals surface area contributed by atoms with E-state index in [0.29, 0.717) is 17.8 Å². The SMILES string of the molecule is NC(=O)CCN(c1ccccc1)c1ccccc1C(N)=O. The number of carbonyl (C=O) groups excluding carboxylic acids is 2. The second-order valence-electron chi connectivity index (χ2n) is 4.58. The molecule has 0 saturated carbocycles. The molecule has 108 valence electrons. The van der Waals surface area contributed by atoms with Gasteiger partial charge in [0, 0.05) is 18.7 Å². The van der Waals surface area contributed by atoms with E-state index in [1.807, 2.05) is 41.3 Å². The number of hydrogen-bond acceptors (Lipinski definition) is 3. The molecule has 0 aromatic heterocycles. The molecule has 4 N–H and O–H groups in total. The van der Waals surface area contributed by atoms with Crippen molar-refractivity contribution in [1.82, 2.24) is 0 Å². The van der Waals surface area contributed by atoms with E-state index in [1.54, 1.807) is 18.2 Å². The van der Waals surface area contributed by atoms with Crippen molar-refractivity contribution < 1.29 is 9.59 Å². The second-order valence-corrected chi connectivity index (χ2v) is 4.58. The van der Waals surface area contributed by atoms with Crippen LogP contribution in [0.1, 0.15) is 16.8 Å². The summed E-state index contributed by atoms with van der Waals surface area (Å²) in [6, 6.07) is 16.5. The van der Waals surface area contributed by atoms with Crippen LogP contribution in [0.4, 0.5) is 11.4 Å². The minimum atomic E-state index is -0.509. The van der Waals surface area contributed by atoms with Crippen molar-refractivity contribution in [3.63, 3.8) is 0 Å². The number of para-hydroxylation sites is 2. The van der Waals surface area contributed by atoms with Crippen LogP contribution in [0.25, 0.3) is 0 Å². The number of rotatable bonds is 6. The molecule has 0 radical (unpaired) electrons. The molecule has 0 aliphatic rings. The first-order valence-electron chi connectivity index (χ1n) is 6.59. The van der Waals surface area contributed by atoms with Crippen molar-refractivity contribution in [2.45, 2.75) is 6.42 Å². The number of nitrogens with zero attached hydrogens (tertiary/aromatic N) is 1. The van der Waals surface area contributed by atoms with Crippen LogP contribution < -0.4 is 16.4 Å². The van der Waals surface area contributed by atoms with Crippen LogP contribution in [-0.2, 0) is 4.79 Å². The molecule has 5 heteroatoms. The molecular formula is C16H17N3O2. The molecule has 2 aromatic carbocycles. The van der Waals surface area contributed by atoms with E-state index in [2.05, 4.69) is 0 Å². The molecule has 5 nitrogen and oxygen atoms in total. The van der Waals surface area contributed by atoms with E-state index in [1.165, 1.54) is 0 Å². The van der Waals surface area contributed by atoms with Crippen molar-refractivity contribution in [2.75, 3.05) is 11.4 Å². The zero-order chi connectivity index (χ0) is 15.2. The summed E-state index contributed by atoms with van der Waals surface area (Å²) >= 11 is 0. The van der Waals surface area contributed by atoms with E-state index in [4.69, 9.17) is 11.5 Å². The zero-order valence-electron chi connectivity index (χ0n) is 11.5. The summed E-state index contributed by atoms with van der Waals surface area (Å²) in [6.45, 7) is 0.379. The standard InChI is InChI=1S/C16H17N3O2/c17-15(20)10-11-19(12-6-2-1-3-7-12)14-9-5-4-8-13(14)16(18)21/h1-9H,10-11H2,(H2,17,20)(H2,18,21). The molecule has 0 bridgehead atoms. The molecule has 2 aromatic rings. The Bertz CT molecular complexity index is 641. The van der Waals surface area contributed by atoms with Crippen LogP contribution >= 0.6 is 0 Å². The predicted molar refractivity (Wildman–Crippen MR) is 82.2 cm³/mol. The lowest BCUT2D eigenvalue weighted by atomic mass is 10.1. The number of benzene rings is 2. The highest BCUT2D eigenvalue weighted by Gasteiger charge is 2.16. The van der Waals surface area contributed by atoms with Gasteiger partial charge >= 0.3 is 0 Å². The number of hydrogen-bond donors (Lipinski definition) is 2. The van der Waals surface area contributed by atoms with Crippen LogP contribution in [0.15, 0.2) is 54.6 Å². The van der Waals surface area contributed by atoms with Crippen LogP contribution in [0.5, 0.6) is 0 Å². The van der Waals surface area contributed by atoms with Crippen LogP contribution in [0.2, 0.25) is 0 Å². The van der Waals surface area contributed by atoms with Gasteiger partial charge in [-0.2, -0.15) is 0 Å². The second kappa shape index (κ2) is 6.56. The van der Waals surface area contributed by atoms with Crippen molar-refractivity contribution >= 4 is 23.2 Å². The molecule has 0 atom stereocenters. The molecule has 0 unspecified atom stereocenters. The number of primary amides is 2. The highest BCUT2D eigenvalue weighted by atomic mass is 16.1. The van der Waals surface area contributed by atoms with Gasteiger partial charge in [0.25, 0.3) is 5.91 Å². The van der Waals surface area contributed by atoms with E-state index < -0.39 is 11.8 Å². The number of carbonyl (C=O) groups is 2. The molecule has 2 rings (SSSR count). The van der Waals surface area contributed by atoms with Gasteiger partial charge in [-0.25, -0.2) is 0 Å². The molecule has 0 aliphatic carbocycles. The lowest BCUT2D eigenvalue weighted by Gasteiger charge is -2.26. The molecule has 0 spiro atoms. The Hall–Kier alpha value is -2.82. The van der Waals surface area contributed by atoms with Crippen molar-refractivity contribution in [1.29, 1.82) is 0 Å². The van der Waals surface area contributed by atoms with Gasteiger partial charge in [0.05, 0.1) is 11.3 Å². The largest absolute Gasteiger partial charge is 0.370 e. The first kappa shape index (κ1) is 14.6. The predicted octanol–water partition coefficient (Wildman–Crippen LogP) is 1.80. The maximum Gasteiger partial charge on any atom is 0.250 e. The summed E-state index contributed by atoms with van der Waals surface area (Å²) in [5, 5.41) is 0. The van der Waals surface area contributed by atoms with Gasteiger partial charge in [0.15, 0.2) is 0 Å². The number of nitrogens with two attached hydrogens (primary N) is 2. The first-order valence-corrected chi connectivity index (χ1v) is 6.59. The monoisotopic (exact) mass is 283 g/mol. The average molecular weight is 283 g/mol. The minimum Gasteiger partial charge on any atom is -0.370 e. The molecule has 21 heavy (non-hydrogen) atoms. The summed E-state index contributed by atoms with van der Waals surface area (Å²) in [4.78, 5) is 24.6. The zero-order valence-corrected chi connectivity index (χ0v) is 11.5. The summed E-state index contributed by atoms with van der Waals surface area (Å²) in [7, 11) is 0. The average Bonchev–Trinajstić information content (AvgIpc) is 2.48. The highest BCUT2D eigenvalue weighted by molar-refractivity contribution is 5.99. The molecular weight excluding hydrogens is 266 g/mol. The fourth-order valence-corrected chi connectivity index (χ4v) is 2.14.